The van der Waals surface area contributed by atoms with Crippen molar-refractivity contribution in [2.24, 2.45) is 17.3 Å². The average Bonchev–Trinajstić information content (AvgIpc) is 2.17. The first-order chi connectivity index (χ1) is 6.68. The van der Waals surface area contributed by atoms with Gasteiger partial charge in [-0.05, 0) is 42.1 Å². The van der Waals surface area contributed by atoms with Gasteiger partial charge in [-0.15, -0.1) is 0 Å². The molecule has 0 nitrogen and oxygen atoms in total. The Balaban J connectivity index is 2.39. The zero-order valence-electron chi connectivity index (χ0n) is 9.72. The fraction of sp³-hybridized carbons (Fsp3) is 0.714. The van der Waals surface area contributed by atoms with E-state index < -0.39 is 0 Å². The summed E-state index contributed by atoms with van der Waals surface area (Å²) in [6, 6.07) is 0. The van der Waals surface area contributed by atoms with Crippen LogP contribution in [0, 0.1) is 17.3 Å². The number of hydrogen-bond donors (Lipinski definition) is 0. The standard InChI is InChI=1S/C14H22/c1-4-13-11(2)8-9-12-7-5-6-10-14(12,13)3/h7-9,11,13H,4-6,10H2,1-3H3. The van der Waals surface area contributed by atoms with E-state index in [4.69, 9.17) is 0 Å². The molecule has 2 aliphatic carbocycles. The topological polar surface area (TPSA) is 0 Å². The molecule has 0 N–H and O–H groups in total. The Labute approximate surface area is 88.1 Å². The van der Waals surface area contributed by atoms with Crippen LogP contribution in [0.5, 0.6) is 0 Å². The van der Waals surface area contributed by atoms with Crippen LogP contribution in [-0.4, -0.2) is 0 Å². The summed E-state index contributed by atoms with van der Waals surface area (Å²) in [7, 11) is 0. The maximum Gasteiger partial charge on any atom is -0.00448 e. The molecule has 2 aliphatic rings. The fourth-order valence-electron chi connectivity index (χ4n) is 3.55. The Morgan fingerprint density at radius 3 is 3.00 bits per heavy atom. The molecule has 14 heavy (non-hydrogen) atoms. The highest BCUT2D eigenvalue weighted by Gasteiger charge is 2.40. The van der Waals surface area contributed by atoms with Crippen LogP contribution < -0.4 is 0 Å². The van der Waals surface area contributed by atoms with E-state index in [2.05, 4.69) is 39.0 Å². The van der Waals surface area contributed by atoms with Crippen molar-refractivity contribution >= 4 is 0 Å². The van der Waals surface area contributed by atoms with Crippen molar-refractivity contribution in [1.29, 1.82) is 0 Å². The van der Waals surface area contributed by atoms with E-state index >= 15 is 0 Å². The first-order valence-electron chi connectivity index (χ1n) is 6.07. The van der Waals surface area contributed by atoms with Crippen LogP contribution in [0.15, 0.2) is 23.8 Å². The van der Waals surface area contributed by atoms with Crippen molar-refractivity contribution in [2.75, 3.05) is 0 Å². The average molecular weight is 190 g/mol. The predicted octanol–water partition coefficient (Wildman–Crippen LogP) is 4.34. The third-order valence-electron chi connectivity index (χ3n) is 4.40. The van der Waals surface area contributed by atoms with Crippen LogP contribution >= 0.6 is 0 Å². The number of hydrogen-bond acceptors (Lipinski definition) is 0. The van der Waals surface area contributed by atoms with Crippen molar-refractivity contribution in [3.05, 3.63) is 23.8 Å². The Morgan fingerprint density at radius 2 is 2.29 bits per heavy atom. The molecule has 0 radical (unpaired) electrons. The van der Waals surface area contributed by atoms with Gasteiger partial charge >= 0.3 is 0 Å². The monoisotopic (exact) mass is 190 g/mol. The van der Waals surface area contributed by atoms with Crippen molar-refractivity contribution in [1.82, 2.24) is 0 Å². The van der Waals surface area contributed by atoms with Crippen molar-refractivity contribution in [2.45, 2.75) is 46.5 Å². The molecule has 0 saturated heterocycles. The van der Waals surface area contributed by atoms with E-state index in [0.29, 0.717) is 5.41 Å². The second kappa shape index (κ2) is 3.56. The van der Waals surface area contributed by atoms with Gasteiger partial charge in [0.1, 0.15) is 0 Å². The summed E-state index contributed by atoms with van der Waals surface area (Å²) in [4.78, 5) is 0. The smallest absolute Gasteiger partial charge is 0.00448 e. The maximum absolute atomic E-state index is 2.48. The van der Waals surface area contributed by atoms with Gasteiger partial charge in [-0.2, -0.15) is 0 Å². The highest BCUT2D eigenvalue weighted by atomic mass is 14.4. The van der Waals surface area contributed by atoms with Gasteiger partial charge in [-0.25, -0.2) is 0 Å². The van der Waals surface area contributed by atoms with Gasteiger partial charge in [0.05, 0.1) is 0 Å². The molecule has 3 atom stereocenters. The Kier molecular flexibility index (Phi) is 2.55. The number of allylic oxidation sites excluding steroid dienone is 4. The normalized spacial score (nSPS) is 41.8. The first kappa shape index (κ1) is 10.0. The lowest BCUT2D eigenvalue weighted by atomic mass is 9.59. The van der Waals surface area contributed by atoms with Gasteiger partial charge in [0, 0.05) is 0 Å². The van der Waals surface area contributed by atoms with Crippen LogP contribution in [0.4, 0.5) is 0 Å². The zero-order valence-corrected chi connectivity index (χ0v) is 9.72. The molecule has 0 aromatic heterocycles. The van der Waals surface area contributed by atoms with E-state index in [9.17, 15) is 0 Å². The summed E-state index contributed by atoms with van der Waals surface area (Å²) in [5, 5.41) is 0. The summed E-state index contributed by atoms with van der Waals surface area (Å²) in [6.45, 7) is 7.20. The quantitative estimate of drug-likeness (QED) is 0.577. The highest BCUT2D eigenvalue weighted by Crippen LogP contribution is 2.51. The van der Waals surface area contributed by atoms with E-state index in [1.165, 1.54) is 25.7 Å². The zero-order chi connectivity index (χ0) is 10.2. The third kappa shape index (κ3) is 1.36. The molecule has 0 aliphatic heterocycles. The van der Waals surface area contributed by atoms with Crippen LogP contribution in [0.2, 0.25) is 0 Å². The van der Waals surface area contributed by atoms with Crippen LogP contribution in [0.25, 0.3) is 0 Å². The molecule has 2 rings (SSSR count). The van der Waals surface area contributed by atoms with E-state index in [0.717, 1.165) is 11.8 Å². The Hall–Kier alpha value is -0.520. The third-order valence-corrected chi connectivity index (χ3v) is 4.40. The van der Waals surface area contributed by atoms with Crippen molar-refractivity contribution in [3.8, 4) is 0 Å². The maximum atomic E-state index is 2.48. The molecule has 0 heteroatoms. The van der Waals surface area contributed by atoms with Gasteiger partial charge in [-0.3, -0.25) is 0 Å². The molecule has 0 fully saturated rings. The molecule has 0 aromatic carbocycles. The molecular weight excluding hydrogens is 168 g/mol. The largest absolute Gasteiger partial charge is 0.0811 e. The summed E-state index contributed by atoms with van der Waals surface area (Å²) < 4.78 is 0. The highest BCUT2D eigenvalue weighted by molar-refractivity contribution is 5.33. The van der Waals surface area contributed by atoms with Crippen LogP contribution in [-0.2, 0) is 0 Å². The molecule has 0 heterocycles. The van der Waals surface area contributed by atoms with Crippen molar-refractivity contribution < 1.29 is 0 Å². The first-order valence-corrected chi connectivity index (χ1v) is 6.07. The number of rotatable bonds is 1. The van der Waals surface area contributed by atoms with Crippen LogP contribution in [0.1, 0.15) is 46.5 Å². The number of fused-ring (bicyclic) bond motifs is 1. The summed E-state index contributed by atoms with van der Waals surface area (Å²) in [5.74, 6) is 1.62. The van der Waals surface area contributed by atoms with E-state index in [-0.39, 0.29) is 0 Å². The SMILES string of the molecule is CCC1C(C)C=CC2=CCCCC21C. The van der Waals surface area contributed by atoms with Gasteiger partial charge < -0.3 is 0 Å². The van der Waals surface area contributed by atoms with Gasteiger partial charge in [0.15, 0.2) is 0 Å². The minimum atomic E-state index is 0.487. The molecule has 3 unspecified atom stereocenters. The lowest BCUT2D eigenvalue weighted by Gasteiger charge is -2.46. The molecular formula is C14H22. The Bertz CT molecular complexity index is 272. The molecule has 0 aromatic rings. The molecule has 0 bridgehead atoms. The molecule has 0 saturated carbocycles. The Morgan fingerprint density at radius 1 is 1.50 bits per heavy atom. The minimum absolute atomic E-state index is 0.487. The van der Waals surface area contributed by atoms with Gasteiger partial charge in [-0.1, -0.05) is 45.4 Å². The fourth-order valence-corrected chi connectivity index (χ4v) is 3.55. The summed E-state index contributed by atoms with van der Waals surface area (Å²) >= 11 is 0. The molecule has 0 amide bonds. The minimum Gasteiger partial charge on any atom is -0.0811 e. The van der Waals surface area contributed by atoms with E-state index in [1.54, 1.807) is 5.57 Å². The molecule has 78 valence electrons. The lowest BCUT2D eigenvalue weighted by molar-refractivity contribution is 0.156. The predicted molar refractivity (Wildman–Crippen MR) is 62.1 cm³/mol. The van der Waals surface area contributed by atoms with Crippen molar-refractivity contribution in [3.63, 3.8) is 0 Å². The second-order valence-electron chi connectivity index (χ2n) is 5.20. The lowest BCUT2D eigenvalue weighted by Crippen LogP contribution is -2.36. The molecule has 0 spiro atoms. The van der Waals surface area contributed by atoms with Gasteiger partial charge in [0.2, 0.25) is 0 Å². The summed E-state index contributed by atoms with van der Waals surface area (Å²) in [6.07, 6.45) is 12.7. The van der Waals surface area contributed by atoms with Gasteiger partial charge in [0.25, 0.3) is 0 Å². The second-order valence-corrected chi connectivity index (χ2v) is 5.20. The summed E-state index contributed by atoms with van der Waals surface area (Å²) in [5.41, 5.74) is 2.11. The van der Waals surface area contributed by atoms with Crippen LogP contribution in [0.3, 0.4) is 0 Å². The van der Waals surface area contributed by atoms with E-state index in [1.807, 2.05) is 0 Å².